The van der Waals surface area contributed by atoms with Crippen molar-refractivity contribution < 1.29 is 4.74 Å². The lowest BCUT2D eigenvalue weighted by Crippen LogP contribution is -2.09. The molecule has 1 aromatic carbocycles. The van der Waals surface area contributed by atoms with Crippen LogP contribution >= 0.6 is 11.3 Å². The Labute approximate surface area is 125 Å². The van der Waals surface area contributed by atoms with E-state index in [9.17, 15) is 0 Å². The number of fused-ring (bicyclic) bond motifs is 1. The van der Waals surface area contributed by atoms with Gasteiger partial charge in [0.15, 0.2) is 0 Å². The Kier molecular flexibility index (Phi) is 3.72. The molecule has 1 aromatic heterocycles. The first-order chi connectivity index (χ1) is 9.52. The van der Waals surface area contributed by atoms with Crippen molar-refractivity contribution in [3.63, 3.8) is 0 Å². The summed E-state index contributed by atoms with van der Waals surface area (Å²) in [6, 6.07) is 6.30. The van der Waals surface area contributed by atoms with Crippen LogP contribution in [0, 0.1) is 5.92 Å². The van der Waals surface area contributed by atoms with E-state index in [0.717, 1.165) is 23.8 Å². The summed E-state index contributed by atoms with van der Waals surface area (Å²) in [4.78, 5) is 4.73. The van der Waals surface area contributed by atoms with Crippen LogP contribution in [0.4, 0.5) is 0 Å². The minimum atomic E-state index is 0.120. The predicted octanol–water partition coefficient (Wildman–Crippen LogP) is 5.16. The van der Waals surface area contributed by atoms with Crippen molar-refractivity contribution in [3.8, 4) is 5.75 Å². The molecule has 0 unspecified atom stereocenters. The fraction of sp³-hybridized carbons (Fsp3) is 0.588. The summed E-state index contributed by atoms with van der Waals surface area (Å²) in [6.45, 7) is 7.50. The molecule has 20 heavy (non-hydrogen) atoms. The second kappa shape index (κ2) is 5.36. The lowest BCUT2D eigenvalue weighted by molar-refractivity contribution is 0.252. The van der Waals surface area contributed by atoms with Crippen LogP contribution in [-0.4, -0.2) is 11.6 Å². The number of rotatable bonds is 3. The fourth-order valence-electron chi connectivity index (χ4n) is 2.71. The van der Waals surface area contributed by atoms with Gasteiger partial charge in [0, 0.05) is 5.41 Å². The Morgan fingerprint density at radius 3 is 2.70 bits per heavy atom. The quantitative estimate of drug-likeness (QED) is 0.778. The molecular weight excluding hydrogens is 266 g/mol. The molecule has 2 nitrogen and oxygen atoms in total. The Hall–Kier alpha value is -1.09. The van der Waals surface area contributed by atoms with E-state index in [-0.39, 0.29) is 5.41 Å². The maximum atomic E-state index is 5.97. The molecule has 1 aliphatic carbocycles. The summed E-state index contributed by atoms with van der Waals surface area (Å²) >= 11 is 1.79. The van der Waals surface area contributed by atoms with Gasteiger partial charge in [-0.05, 0) is 37.0 Å². The van der Waals surface area contributed by atoms with Crippen LogP contribution in [0.3, 0.4) is 0 Å². The minimum absolute atomic E-state index is 0.120. The Bertz CT molecular complexity index is 591. The van der Waals surface area contributed by atoms with Crippen molar-refractivity contribution in [2.45, 2.75) is 51.9 Å². The molecule has 0 bridgehead atoms. The van der Waals surface area contributed by atoms with Crippen LogP contribution in [0.25, 0.3) is 10.2 Å². The normalized spacial score (nSPS) is 16.9. The Morgan fingerprint density at radius 2 is 2.00 bits per heavy atom. The first kappa shape index (κ1) is 13.9. The summed E-state index contributed by atoms with van der Waals surface area (Å²) in [7, 11) is 0. The van der Waals surface area contributed by atoms with Crippen molar-refractivity contribution >= 4 is 21.6 Å². The monoisotopic (exact) mass is 289 g/mol. The molecule has 0 N–H and O–H groups in total. The third-order valence-corrected chi connectivity index (χ3v) is 5.41. The van der Waals surface area contributed by atoms with Crippen molar-refractivity contribution in [2.24, 2.45) is 5.92 Å². The molecule has 1 heterocycles. The van der Waals surface area contributed by atoms with Crippen molar-refractivity contribution in [2.75, 3.05) is 6.61 Å². The largest absolute Gasteiger partial charge is 0.493 e. The SMILES string of the molecule is CC(C)(C)c1nc2ccc(OCC3CCCC3)cc2s1. The number of ether oxygens (including phenoxy) is 1. The van der Waals surface area contributed by atoms with Gasteiger partial charge in [-0.2, -0.15) is 0 Å². The summed E-state index contributed by atoms with van der Waals surface area (Å²) in [5, 5.41) is 1.19. The van der Waals surface area contributed by atoms with Crippen molar-refractivity contribution in [3.05, 3.63) is 23.2 Å². The van der Waals surface area contributed by atoms with Gasteiger partial charge in [0.2, 0.25) is 0 Å². The molecule has 1 aliphatic rings. The molecule has 1 saturated carbocycles. The number of nitrogens with zero attached hydrogens (tertiary/aromatic N) is 1. The van der Waals surface area contributed by atoms with Crippen LogP contribution in [0.1, 0.15) is 51.5 Å². The van der Waals surface area contributed by atoms with E-state index in [1.807, 2.05) is 0 Å². The molecule has 1 fully saturated rings. The smallest absolute Gasteiger partial charge is 0.120 e. The van der Waals surface area contributed by atoms with Crippen LogP contribution in [0.5, 0.6) is 5.75 Å². The molecule has 0 atom stereocenters. The molecule has 3 heteroatoms. The third kappa shape index (κ3) is 2.98. The lowest BCUT2D eigenvalue weighted by Gasteiger charge is -2.13. The number of hydrogen-bond donors (Lipinski definition) is 0. The minimum Gasteiger partial charge on any atom is -0.493 e. The topological polar surface area (TPSA) is 22.1 Å². The highest BCUT2D eigenvalue weighted by atomic mass is 32.1. The molecule has 0 spiro atoms. The average molecular weight is 289 g/mol. The van der Waals surface area contributed by atoms with Gasteiger partial charge in [-0.15, -0.1) is 11.3 Å². The van der Waals surface area contributed by atoms with Gasteiger partial charge in [0.1, 0.15) is 5.75 Å². The van der Waals surface area contributed by atoms with Crippen molar-refractivity contribution in [1.82, 2.24) is 4.98 Å². The molecule has 3 rings (SSSR count). The van der Waals surface area contributed by atoms with E-state index in [1.54, 1.807) is 11.3 Å². The first-order valence-electron chi connectivity index (χ1n) is 7.56. The summed E-state index contributed by atoms with van der Waals surface area (Å²) < 4.78 is 7.21. The zero-order valence-corrected chi connectivity index (χ0v) is 13.4. The highest BCUT2D eigenvalue weighted by molar-refractivity contribution is 7.18. The highest BCUT2D eigenvalue weighted by Gasteiger charge is 2.19. The van der Waals surface area contributed by atoms with Crippen LogP contribution in [0.2, 0.25) is 0 Å². The Morgan fingerprint density at radius 1 is 1.25 bits per heavy atom. The molecule has 2 aromatic rings. The van der Waals surface area contributed by atoms with E-state index in [2.05, 4.69) is 39.0 Å². The number of hydrogen-bond acceptors (Lipinski definition) is 3. The van der Waals surface area contributed by atoms with Gasteiger partial charge in [-0.1, -0.05) is 33.6 Å². The molecule has 108 valence electrons. The molecule has 0 amide bonds. The molecule has 0 saturated heterocycles. The van der Waals surface area contributed by atoms with Gasteiger partial charge in [-0.3, -0.25) is 0 Å². The van der Waals surface area contributed by atoms with Gasteiger partial charge in [0.25, 0.3) is 0 Å². The maximum Gasteiger partial charge on any atom is 0.120 e. The lowest BCUT2D eigenvalue weighted by atomic mass is 9.98. The molecular formula is C17H23NOS. The molecule has 0 radical (unpaired) electrons. The van der Waals surface area contributed by atoms with Gasteiger partial charge in [-0.25, -0.2) is 4.98 Å². The molecule has 0 aliphatic heterocycles. The first-order valence-corrected chi connectivity index (χ1v) is 8.38. The average Bonchev–Trinajstić information content (AvgIpc) is 3.04. The van der Waals surface area contributed by atoms with E-state index in [4.69, 9.17) is 9.72 Å². The predicted molar refractivity (Wildman–Crippen MR) is 85.8 cm³/mol. The van der Waals surface area contributed by atoms with E-state index < -0.39 is 0 Å². The van der Waals surface area contributed by atoms with Gasteiger partial charge in [0.05, 0.1) is 21.8 Å². The number of thiazole rings is 1. The third-order valence-electron chi connectivity index (χ3n) is 3.96. The second-order valence-electron chi connectivity index (χ2n) is 6.86. The standard InChI is InChI=1S/C17H23NOS/c1-17(2,3)16-18-14-9-8-13(10-15(14)20-16)19-11-12-6-4-5-7-12/h8-10,12H,4-7,11H2,1-3H3. The van der Waals surface area contributed by atoms with Gasteiger partial charge >= 0.3 is 0 Å². The summed E-state index contributed by atoms with van der Waals surface area (Å²) in [6.07, 6.45) is 5.40. The summed E-state index contributed by atoms with van der Waals surface area (Å²) in [5.74, 6) is 1.76. The number of aromatic nitrogens is 1. The highest BCUT2D eigenvalue weighted by Crippen LogP contribution is 2.33. The van der Waals surface area contributed by atoms with E-state index >= 15 is 0 Å². The van der Waals surface area contributed by atoms with Crippen molar-refractivity contribution in [1.29, 1.82) is 0 Å². The zero-order valence-electron chi connectivity index (χ0n) is 12.6. The maximum absolute atomic E-state index is 5.97. The van der Waals surface area contributed by atoms with Crippen LogP contribution in [-0.2, 0) is 5.41 Å². The fourth-order valence-corrected chi connectivity index (χ4v) is 3.76. The van der Waals surface area contributed by atoms with Gasteiger partial charge < -0.3 is 4.74 Å². The number of benzene rings is 1. The van der Waals surface area contributed by atoms with E-state index in [1.165, 1.54) is 35.4 Å². The van der Waals surface area contributed by atoms with E-state index in [0.29, 0.717) is 0 Å². The Balaban J connectivity index is 1.76. The van der Waals surface area contributed by atoms with Crippen LogP contribution < -0.4 is 4.74 Å². The van der Waals surface area contributed by atoms with Crippen LogP contribution in [0.15, 0.2) is 18.2 Å². The zero-order chi connectivity index (χ0) is 14.2. The second-order valence-corrected chi connectivity index (χ2v) is 7.89. The summed E-state index contributed by atoms with van der Waals surface area (Å²) in [5.41, 5.74) is 1.21.